The molecule has 0 spiro atoms. The molecule has 3 aromatic rings. The van der Waals surface area contributed by atoms with E-state index in [1.807, 2.05) is 17.0 Å². The summed E-state index contributed by atoms with van der Waals surface area (Å²) in [5.41, 5.74) is 5.98. The Hall–Kier alpha value is -2.82. The van der Waals surface area contributed by atoms with E-state index in [1.165, 1.54) is 23.2 Å². The molecule has 0 saturated carbocycles. The number of aryl methyl sites for hydroxylation is 1. The van der Waals surface area contributed by atoms with E-state index in [-0.39, 0.29) is 5.91 Å². The molecule has 0 unspecified atom stereocenters. The molecule has 0 aliphatic carbocycles. The number of piperazine rings is 1. The van der Waals surface area contributed by atoms with E-state index in [1.54, 1.807) is 6.07 Å². The van der Waals surface area contributed by atoms with Gasteiger partial charge in [0.2, 0.25) is 0 Å². The second-order valence-electron chi connectivity index (χ2n) is 6.53. The Morgan fingerprint density at radius 2 is 1.88 bits per heavy atom. The minimum absolute atomic E-state index is 0.0546. The Bertz CT molecular complexity index is 924. The molecular weight excluding hydrogens is 314 g/mol. The van der Waals surface area contributed by atoms with E-state index in [0.717, 1.165) is 31.7 Å². The number of rotatable bonds is 2. The fraction of sp³-hybridized carbons (Fsp3) is 0.300. The summed E-state index contributed by atoms with van der Waals surface area (Å²) >= 11 is 0. The largest absolute Gasteiger partial charge is 0.443 e. The molecule has 1 aliphatic rings. The van der Waals surface area contributed by atoms with Crippen molar-refractivity contribution in [3.8, 4) is 0 Å². The van der Waals surface area contributed by atoms with Crippen molar-refractivity contribution in [1.82, 2.24) is 9.88 Å². The third-order valence-corrected chi connectivity index (χ3v) is 5.06. The van der Waals surface area contributed by atoms with Crippen LogP contribution < -0.4 is 4.90 Å². The van der Waals surface area contributed by atoms with E-state index < -0.39 is 0 Å². The average molecular weight is 335 g/mol. The van der Waals surface area contributed by atoms with E-state index in [2.05, 4.69) is 41.9 Å². The molecule has 25 heavy (non-hydrogen) atoms. The summed E-state index contributed by atoms with van der Waals surface area (Å²) in [7, 11) is 0. The summed E-state index contributed by atoms with van der Waals surface area (Å²) in [6, 6.07) is 11.8. The molecule has 1 aromatic heterocycles. The maximum Gasteiger partial charge on any atom is 0.254 e. The van der Waals surface area contributed by atoms with Gasteiger partial charge in [0, 0.05) is 37.4 Å². The number of amides is 1. The Morgan fingerprint density at radius 3 is 2.68 bits per heavy atom. The topological polar surface area (TPSA) is 49.6 Å². The van der Waals surface area contributed by atoms with Crippen LogP contribution in [0, 0.1) is 13.8 Å². The smallest absolute Gasteiger partial charge is 0.254 e. The van der Waals surface area contributed by atoms with Gasteiger partial charge in [-0.25, -0.2) is 4.98 Å². The molecule has 128 valence electrons. The van der Waals surface area contributed by atoms with Crippen LogP contribution >= 0.6 is 0 Å². The van der Waals surface area contributed by atoms with E-state index in [9.17, 15) is 4.79 Å². The number of oxazole rings is 1. The van der Waals surface area contributed by atoms with Crippen molar-refractivity contribution in [1.29, 1.82) is 0 Å². The van der Waals surface area contributed by atoms with Crippen molar-refractivity contribution in [2.24, 2.45) is 0 Å². The number of carbonyl (C=O) groups excluding carboxylic acids is 1. The van der Waals surface area contributed by atoms with Gasteiger partial charge in [-0.15, -0.1) is 0 Å². The Balaban J connectivity index is 1.47. The van der Waals surface area contributed by atoms with Gasteiger partial charge < -0.3 is 14.2 Å². The number of fused-ring (bicyclic) bond motifs is 1. The lowest BCUT2D eigenvalue weighted by Crippen LogP contribution is -2.49. The maximum atomic E-state index is 12.8. The first-order valence-corrected chi connectivity index (χ1v) is 8.57. The number of benzene rings is 2. The second-order valence-corrected chi connectivity index (χ2v) is 6.53. The Morgan fingerprint density at radius 1 is 1.08 bits per heavy atom. The normalized spacial score (nSPS) is 15.0. The maximum absolute atomic E-state index is 12.8. The standard InChI is InChI=1S/C20H21N3O2/c1-14-4-3-5-18(15(14)2)22-8-10-23(11-9-22)20(24)16-6-7-17-19(12-16)25-13-21-17/h3-7,12-13H,8-11H2,1-2H3. The van der Waals surface area contributed by atoms with Crippen LogP contribution in [0.3, 0.4) is 0 Å². The number of carbonyl (C=O) groups is 1. The summed E-state index contributed by atoms with van der Waals surface area (Å²) < 4.78 is 5.31. The first kappa shape index (κ1) is 15.7. The molecule has 4 rings (SSSR count). The number of hydrogen-bond acceptors (Lipinski definition) is 4. The van der Waals surface area contributed by atoms with Gasteiger partial charge in [0.05, 0.1) is 0 Å². The van der Waals surface area contributed by atoms with Crippen molar-refractivity contribution in [2.75, 3.05) is 31.1 Å². The van der Waals surface area contributed by atoms with Gasteiger partial charge in [-0.05, 0) is 49.2 Å². The van der Waals surface area contributed by atoms with Crippen LogP contribution in [0.15, 0.2) is 47.2 Å². The average Bonchev–Trinajstić information content (AvgIpc) is 3.11. The summed E-state index contributed by atoms with van der Waals surface area (Å²) in [4.78, 5) is 21.1. The zero-order valence-electron chi connectivity index (χ0n) is 14.5. The first-order valence-electron chi connectivity index (χ1n) is 8.57. The molecule has 1 fully saturated rings. The number of nitrogens with zero attached hydrogens (tertiary/aromatic N) is 3. The quantitative estimate of drug-likeness (QED) is 0.720. The molecule has 5 heteroatoms. The van der Waals surface area contributed by atoms with Gasteiger partial charge in [0.15, 0.2) is 12.0 Å². The highest BCUT2D eigenvalue weighted by Gasteiger charge is 2.23. The van der Waals surface area contributed by atoms with Crippen LogP contribution in [0.5, 0.6) is 0 Å². The molecule has 1 aliphatic heterocycles. The van der Waals surface area contributed by atoms with Crippen molar-refractivity contribution >= 4 is 22.7 Å². The molecule has 0 bridgehead atoms. The summed E-state index contributed by atoms with van der Waals surface area (Å²) in [5, 5.41) is 0. The monoisotopic (exact) mass is 335 g/mol. The molecule has 2 heterocycles. The van der Waals surface area contributed by atoms with E-state index >= 15 is 0 Å². The third kappa shape index (κ3) is 2.86. The highest BCUT2D eigenvalue weighted by Crippen LogP contribution is 2.24. The van der Waals surface area contributed by atoms with Gasteiger partial charge in [-0.3, -0.25) is 4.79 Å². The van der Waals surface area contributed by atoms with Crippen LogP contribution in [0.2, 0.25) is 0 Å². The SMILES string of the molecule is Cc1cccc(N2CCN(C(=O)c3ccc4ncoc4c3)CC2)c1C. The molecular formula is C20H21N3O2. The fourth-order valence-corrected chi connectivity index (χ4v) is 3.40. The van der Waals surface area contributed by atoms with E-state index in [4.69, 9.17) is 4.42 Å². The molecule has 0 radical (unpaired) electrons. The van der Waals surface area contributed by atoms with Gasteiger partial charge in [0.1, 0.15) is 5.52 Å². The Labute approximate surface area is 146 Å². The van der Waals surface area contributed by atoms with Gasteiger partial charge >= 0.3 is 0 Å². The van der Waals surface area contributed by atoms with E-state index in [0.29, 0.717) is 11.1 Å². The lowest BCUT2D eigenvalue weighted by atomic mass is 10.1. The number of hydrogen-bond donors (Lipinski definition) is 0. The Kier molecular flexibility index (Phi) is 3.92. The van der Waals surface area contributed by atoms with Crippen LogP contribution in [0.4, 0.5) is 5.69 Å². The highest BCUT2D eigenvalue weighted by molar-refractivity contribution is 5.97. The predicted octanol–water partition coefficient (Wildman–Crippen LogP) is 3.41. The molecule has 5 nitrogen and oxygen atoms in total. The second kappa shape index (κ2) is 6.24. The van der Waals surface area contributed by atoms with Crippen LogP contribution in [0.25, 0.3) is 11.1 Å². The summed E-state index contributed by atoms with van der Waals surface area (Å²) in [6.45, 7) is 7.44. The van der Waals surface area contributed by atoms with Crippen LogP contribution in [-0.2, 0) is 0 Å². The molecule has 1 saturated heterocycles. The van der Waals surface area contributed by atoms with Crippen LogP contribution in [-0.4, -0.2) is 42.0 Å². The van der Waals surface area contributed by atoms with Gasteiger partial charge in [-0.2, -0.15) is 0 Å². The molecule has 0 N–H and O–H groups in total. The molecule has 2 aromatic carbocycles. The number of aromatic nitrogens is 1. The third-order valence-electron chi connectivity index (χ3n) is 5.06. The van der Waals surface area contributed by atoms with Crippen molar-refractivity contribution in [3.05, 3.63) is 59.5 Å². The van der Waals surface area contributed by atoms with Crippen molar-refractivity contribution < 1.29 is 9.21 Å². The first-order chi connectivity index (χ1) is 12.1. The zero-order chi connectivity index (χ0) is 17.4. The minimum Gasteiger partial charge on any atom is -0.443 e. The molecule has 0 atom stereocenters. The zero-order valence-corrected chi connectivity index (χ0v) is 14.5. The summed E-state index contributed by atoms with van der Waals surface area (Å²) in [5.74, 6) is 0.0546. The summed E-state index contributed by atoms with van der Waals surface area (Å²) in [6.07, 6.45) is 1.40. The van der Waals surface area contributed by atoms with Crippen molar-refractivity contribution in [2.45, 2.75) is 13.8 Å². The number of anilines is 1. The lowest BCUT2D eigenvalue weighted by molar-refractivity contribution is 0.0747. The van der Waals surface area contributed by atoms with Gasteiger partial charge in [0.25, 0.3) is 5.91 Å². The lowest BCUT2D eigenvalue weighted by Gasteiger charge is -2.37. The predicted molar refractivity (Wildman–Crippen MR) is 98.0 cm³/mol. The van der Waals surface area contributed by atoms with Gasteiger partial charge in [-0.1, -0.05) is 12.1 Å². The fourth-order valence-electron chi connectivity index (χ4n) is 3.40. The minimum atomic E-state index is 0.0546. The highest BCUT2D eigenvalue weighted by atomic mass is 16.3. The van der Waals surface area contributed by atoms with Crippen LogP contribution in [0.1, 0.15) is 21.5 Å². The molecule has 1 amide bonds. The van der Waals surface area contributed by atoms with Crippen molar-refractivity contribution in [3.63, 3.8) is 0 Å².